The summed E-state index contributed by atoms with van der Waals surface area (Å²) in [7, 11) is 0. The lowest BCUT2D eigenvalue weighted by atomic mass is 9.88. The molecule has 2 aliphatic heterocycles. The molecule has 2 aromatic rings. The van der Waals surface area contributed by atoms with Crippen molar-refractivity contribution in [1.82, 2.24) is 4.90 Å². The van der Waals surface area contributed by atoms with Gasteiger partial charge in [0.2, 0.25) is 0 Å². The van der Waals surface area contributed by atoms with Crippen LogP contribution in [0, 0.1) is 0 Å². The summed E-state index contributed by atoms with van der Waals surface area (Å²) in [6.45, 7) is 2.97. The summed E-state index contributed by atoms with van der Waals surface area (Å²) >= 11 is 9.30. The third-order valence-electron chi connectivity index (χ3n) is 5.32. The molecule has 0 spiro atoms. The van der Waals surface area contributed by atoms with Gasteiger partial charge in [-0.15, -0.1) is 0 Å². The molecular formula is C21H20BrClN2O4. The number of anilines is 1. The van der Waals surface area contributed by atoms with Crippen molar-refractivity contribution in [3.8, 4) is 0 Å². The molecule has 152 valence electrons. The Morgan fingerprint density at radius 3 is 2.55 bits per heavy atom. The van der Waals surface area contributed by atoms with E-state index in [1.807, 2.05) is 6.07 Å². The average molecular weight is 480 g/mol. The minimum Gasteiger partial charge on any atom is -0.379 e. The van der Waals surface area contributed by atoms with Crippen LogP contribution in [0.2, 0.25) is 5.02 Å². The Bertz CT molecular complexity index is 946. The van der Waals surface area contributed by atoms with Crippen LogP contribution in [-0.2, 0) is 15.1 Å². The van der Waals surface area contributed by atoms with E-state index in [1.54, 1.807) is 41.3 Å². The summed E-state index contributed by atoms with van der Waals surface area (Å²) in [6, 6.07) is 11.8. The zero-order chi connectivity index (χ0) is 20.6. The first-order valence-electron chi connectivity index (χ1n) is 9.32. The maximum absolute atomic E-state index is 13.3. The molecule has 2 aliphatic rings. The Kier molecular flexibility index (Phi) is 5.77. The highest BCUT2D eigenvalue weighted by atomic mass is 79.9. The first-order chi connectivity index (χ1) is 13.9. The molecule has 0 aliphatic carbocycles. The van der Waals surface area contributed by atoms with Crippen molar-refractivity contribution < 1.29 is 19.4 Å². The van der Waals surface area contributed by atoms with Gasteiger partial charge in [0, 0.05) is 33.7 Å². The molecule has 6 nitrogen and oxygen atoms in total. The molecule has 2 heterocycles. The Morgan fingerprint density at radius 1 is 1.17 bits per heavy atom. The van der Waals surface area contributed by atoms with Gasteiger partial charge in [0.05, 0.1) is 32.0 Å². The van der Waals surface area contributed by atoms with Crippen LogP contribution in [-0.4, -0.2) is 54.7 Å². The van der Waals surface area contributed by atoms with E-state index in [0.29, 0.717) is 54.8 Å². The lowest BCUT2D eigenvalue weighted by Crippen LogP contribution is -2.49. The summed E-state index contributed by atoms with van der Waals surface area (Å²) in [5.41, 5.74) is -0.454. The molecule has 1 N–H and O–H groups in total. The molecule has 4 rings (SSSR count). The second-order valence-electron chi connectivity index (χ2n) is 7.23. The minimum atomic E-state index is -1.91. The van der Waals surface area contributed by atoms with Crippen LogP contribution < -0.4 is 4.90 Å². The normalized spacial score (nSPS) is 22.0. The third-order valence-corrected chi connectivity index (χ3v) is 6.07. The molecule has 2 aromatic carbocycles. The standard InChI is InChI=1S/C21H20BrClN2O4/c22-15-3-6-18-17(11-15)21(28,12-19(26)14-1-4-16(23)5-2-14)20(27)25(18)13-24-7-9-29-10-8-24/h1-6,11,28H,7-10,12-13H2/t21-/m1/s1. The number of hydrogen-bond acceptors (Lipinski definition) is 5. The fraction of sp³-hybridized carbons (Fsp3) is 0.333. The molecule has 1 atom stereocenters. The molecule has 0 bridgehead atoms. The van der Waals surface area contributed by atoms with Crippen molar-refractivity contribution in [3.63, 3.8) is 0 Å². The van der Waals surface area contributed by atoms with E-state index < -0.39 is 11.5 Å². The molecule has 1 amide bonds. The monoisotopic (exact) mass is 478 g/mol. The van der Waals surface area contributed by atoms with Gasteiger partial charge in [-0.25, -0.2) is 0 Å². The van der Waals surface area contributed by atoms with Gasteiger partial charge < -0.3 is 9.84 Å². The maximum atomic E-state index is 13.3. The number of carbonyl (C=O) groups is 2. The number of carbonyl (C=O) groups excluding carboxylic acids is 2. The first-order valence-corrected chi connectivity index (χ1v) is 10.5. The van der Waals surface area contributed by atoms with Gasteiger partial charge in [0.15, 0.2) is 11.4 Å². The van der Waals surface area contributed by atoms with Crippen LogP contribution in [0.4, 0.5) is 5.69 Å². The van der Waals surface area contributed by atoms with Crippen molar-refractivity contribution in [2.24, 2.45) is 0 Å². The number of ether oxygens (including phenoxy) is 1. The predicted molar refractivity (Wildman–Crippen MR) is 113 cm³/mol. The van der Waals surface area contributed by atoms with Crippen LogP contribution in [0.15, 0.2) is 46.9 Å². The quantitative estimate of drug-likeness (QED) is 0.667. The van der Waals surface area contributed by atoms with E-state index in [-0.39, 0.29) is 12.2 Å². The maximum Gasteiger partial charge on any atom is 0.265 e. The fourth-order valence-corrected chi connectivity index (χ4v) is 4.23. The Hall–Kier alpha value is -1.77. The van der Waals surface area contributed by atoms with Crippen molar-refractivity contribution in [2.75, 3.05) is 37.9 Å². The summed E-state index contributed by atoms with van der Waals surface area (Å²) in [5.74, 6) is -0.809. The molecule has 0 unspecified atom stereocenters. The third kappa shape index (κ3) is 3.98. The zero-order valence-corrected chi connectivity index (χ0v) is 17.9. The fourth-order valence-electron chi connectivity index (χ4n) is 3.75. The number of morpholine rings is 1. The highest BCUT2D eigenvalue weighted by molar-refractivity contribution is 9.10. The number of ketones is 1. The number of amides is 1. The number of halogens is 2. The topological polar surface area (TPSA) is 70.1 Å². The smallest absolute Gasteiger partial charge is 0.265 e. The second-order valence-corrected chi connectivity index (χ2v) is 8.59. The van der Waals surface area contributed by atoms with Crippen LogP contribution in [0.5, 0.6) is 0 Å². The number of fused-ring (bicyclic) bond motifs is 1. The Labute approximate surface area is 182 Å². The van der Waals surface area contributed by atoms with Crippen molar-refractivity contribution in [3.05, 3.63) is 63.1 Å². The van der Waals surface area contributed by atoms with E-state index in [1.165, 1.54) is 0 Å². The van der Waals surface area contributed by atoms with Gasteiger partial charge in [-0.2, -0.15) is 0 Å². The molecule has 0 saturated carbocycles. The van der Waals surface area contributed by atoms with E-state index in [4.69, 9.17) is 16.3 Å². The van der Waals surface area contributed by atoms with Crippen LogP contribution in [0.1, 0.15) is 22.3 Å². The number of nitrogens with zero attached hydrogens (tertiary/aromatic N) is 2. The second kappa shape index (κ2) is 8.16. The zero-order valence-electron chi connectivity index (χ0n) is 15.6. The first kappa shape index (κ1) is 20.5. The summed E-state index contributed by atoms with van der Waals surface area (Å²) in [4.78, 5) is 29.8. The molecule has 0 aromatic heterocycles. The van der Waals surface area contributed by atoms with Gasteiger partial charge in [-0.3, -0.25) is 19.4 Å². The number of aliphatic hydroxyl groups is 1. The van der Waals surface area contributed by atoms with Gasteiger partial charge in [-0.1, -0.05) is 27.5 Å². The lowest BCUT2D eigenvalue weighted by molar-refractivity contribution is -0.136. The van der Waals surface area contributed by atoms with Crippen LogP contribution in [0.3, 0.4) is 0 Å². The number of Topliss-reactive ketones (excluding diaryl/α,β-unsaturated/α-hetero) is 1. The molecule has 1 fully saturated rings. The average Bonchev–Trinajstić information content (AvgIpc) is 2.91. The molecule has 8 heteroatoms. The van der Waals surface area contributed by atoms with Crippen LogP contribution >= 0.6 is 27.5 Å². The highest BCUT2D eigenvalue weighted by Crippen LogP contribution is 2.44. The summed E-state index contributed by atoms with van der Waals surface area (Å²) in [5, 5.41) is 11.9. The van der Waals surface area contributed by atoms with E-state index in [9.17, 15) is 14.7 Å². The number of benzene rings is 2. The van der Waals surface area contributed by atoms with Gasteiger partial charge in [0.25, 0.3) is 5.91 Å². The van der Waals surface area contributed by atoms with Crippen molar-refractivity contribution >= 4 is 44.9 Å². The predicted octanol–water partition coefficient (Wildman–Crippen LogP) is 3.20. The largest absolute Gasteiger partial charge is 0.379 e. The Balaban J connectivity index is 1.65. The van der Waals surface area contributed by atoms with E-state index in [0.717, 1.165) is 4.47 Å². The molecular weight excluding hydrogens is 460 g/mol. The van der Waals surface area contributed by atoms with Crippen LogP contribution in [0.25, 0.3) is 0 Å². The Morgan fingerprint density at radius 2 is 1.86 bits per heavy atom. The number of hydrogen-bond donors (Lipinski definition) is 1. The summed E-state index contributed by atoms with van der Waals surface area (Å²) < 4.78 is 6.10. The van der Waals surface area contributed by atoms with Crippen molar-refractivity contribution in [2.45, 2.75) is 12.0 Å². The highest BCUT2D eigenvalue weighted by Gasteiger charge is 2.51. The minimum absolute atomic E-state index is 0.323. The lowest BCUT2D eigenvalue weighted by Gasteiger charge is -2.31. The van der Waals surface area contributed by atoms with Gasteiger partial charge in [-0.05, 0) is 42.5 Å². The number of rotatable bonds is 5. The molecule has 1 saturated heterocycles. The van der Waals surface area contributed by atoms with E-state index >= 15 is 0 Å². The molecule has 29 heavy (non-hydrogen) atoms. The van der Waals surface area contributed by atoms with Crippen molar-refractivity contribution in [1.29, 1.82) is 0 Å². The molecule has 0 radical (unpaired) electrons. The van der Waals surface area contributed by atoms with Gasteiger partial charge in [0.1, 0.15) is 0 Å². The van der Waals surface area contributed by atoms with E-state index in [2.05, 4.69) is 20.8 Å². The summed E-state index contributed by atoms with van der Waals surface area (Å²) in [6.07, 6.45) is -0.337. The SMILES string of the molecule is O=C(C[C@]1(O)C(=O)N(CN2CCOCC2)c2ccc(Br)cc21)c1ccc(Cl)cc1. The van der Waals surface area contributed by atoms with Gasteiger partial charge >= 0.3 is 0 Å².